The van der Waals surface area contributed by atoms with Crippen LogP contribution in [-0.2, 0) is 6.42 Å². The van der Waals surface area contributed by atoms with Gasteiger partial charge in [0.1, 0.15) is 0 Å². The molecule has 0 aliphatic carbocycles. The van der Waals surface area contributed by atoms with Crippen molar-refractivity contribution in [2.24, 2.45) is 5.92 Å². The number of rotatable bonds is 10. The van der Waals surface area contributed by atoms with Crippen molar-refractivity contribution < 1.29 is 0 Å². The van der Waals surface area contributed by atoms with E-state index in [0.717, 1.165) is 19.0 Å². The van der Waals surface area contributed by atoms with E-state index in [-0.39, 0.29) is 0 Å². The molecule has 0 aliphatic heterocycles. The summed E-state index contributed by atoms with van der Waals surface area (Å²) in [6.45, 7) is 6.70. The van der Waals surface area contributed by atoms with Gasteiger partial charge >= 0.3 is 0 Å². The van der Waals surface area contributed by atoms with E-state index in [2.05, 4.69) is 49.7 Å². The Morgan fingerprint density at radius 1 is 1.21 bits per heavy atom. The Balaban J connectivity index is 2.44. The van der Waals surface area contributed by atoms with E-state index in [0.29, 0.717) is 0 Å². The highest BCUT2D eigenvalue weighted by Gasteiger charge is 2.09. The molecule has 0 aromatic heterocycles. The number of nitrogens with one attached hydrogen (secondary N) is 1. The standard InChI is InChI=1S/C17H29NS/c1-4-11-18-14-17(6-5-12-19-3)13-16-9-7-15(2)8-10-16/h7-10,17-18H,4-6,11-14H2,1-3H3. The molecule has 0 aliphatic rings. The zero-order valence-corrected chi connectivity index (χ0v) is 13.6. The normalized spacial score (nSPS) is 12.6. The fourth-order valence-electron chi connectivity index (χ4n) is 2.33. The van der Waals surface area contributed by atoms with Gasteiger partial charge in [-0.1, -0.05) is 36.8 Å². The molecule has 1 aromatic carbocycles. The molecule has 0 bridgehead atoms. The van der Waals surface area contributed by atoms with E-state index in [4.69, 9.17) is 0 Å². The number of benzene rings is 1. The highest BCUT2D eigenvalue weighted by Crippen LogP contribution is 2.16. The number of thioether (sulfide) groups is 1. The molecule has 0 saturated carbocycles. The number of hydrogen-bond donors (Lipinski definition) is 1. The van der Waals surface area contributed by atoms with Crippen LogP contribution >= 0.6 is 11.8 Å². The molecule has 2 heteroatoms. The third-order valence-corrected chi connectivity index (χ3v) is 4.16. The van der Waals surface area contributed by atoms with Crippen LogP contribution < -0.4 is 5.32 Å². The largest absolute Gasteiger partial charge is 0.316 e. The molecule has 1 unspecified atom stereocenters. The molecule has 1 atom stereocenters. The monoisotopic (exact) mass is 279 g/mol. The van der Waals surface area contributed by atoms with Gasteiger partial charge in [-0.05, 0) is 69.2 Å². The summed E-state index contributed by atoms with van der Waals surface area (Å²) >= 11 is 1.96. The summed E-state index contributed by atoms with van der Waals surface area (Å²) in [4.78, 5) is 0. The van der Waals surface area contributed by atoms with Crippen molar-refractivity contribution in [1.29, 1.82) is 0 Å². The highest BCUT2D eigenvalue weighted by molar-refractivity contribution is 7.98. The molecule has 19 heavy (non-hydrogen) atoms. The second-order valence-electron chi connectivity index (χ2n) is 5.39. The minimum Gasteiger partial charge on any atom is -0.316 e. The van der Waals surface area contributed by atoms with Crippen molar-refractivity contribution in [3.05, 3.63) is 35.4 Å². The zero-order valence-electron chi connectivity index (χ0n) is 12.7. The van der Waals surface area contributed by atoms with Gasteiger partial charge < -0.3 is 5.32 Å². The fourth-order valence-corrected chi connectivity index (χ4v) is 2.79. The Morgan fingerprint density at radius 2 is 1.95 bits per heavy atom. The molecule has 1 aromatic rings. The predicted molar refractivity (Wildman–Crippen MR) is 89.1 cm³/mol. The predicted octanol–water partition coefficient (Wildman–Crippen LogP) is 4.30. The van der Waals surface area contributed by atoms with E-state index >= 15 is 0 Å². The van der Waals surface area contributed by atoms with Gasteiger partial charge in [0.15, 0.2) is 0 Å². The van der Waals surface area contributed by atoms with Gasteiger partial charge in [0.05, 0.1) is 0 Å². The number of aryl methyl sites for hydroxylation is 1. The van der Waals surface area contributed by atoms with Gasteiger partial charge in [0, 0.05) is 0 Å². The van der Waals surface area contributed by atoms with Gasteiger partial charge in [-0.3, -0.25) is 0 Å². The van der Waals surface area contributed by atoms with Crippen molar-refractivity contribution in [1.82, 2.24) is 5.32 Å². The van der Waals surface area contributed by atoms with Gasteiger partial charge in [-0.15, -0.1) is 0 Å². The van der Waals surface area contributed by atoms with Crippen LogP contribution in [0, 0.1) is 12.8 Å². The molecule has 0 saturated heterocycles. The Labute approximate surface area is 123 Å². The van der Waals surface area contributed by atoms with E-state index in [1.54, 1.807) is 0 Å². The van der Waals surface area contributed by atoms with Crippen LogP contribution in [0.1, 0.15) is 37.3 Å². The summed E-state index contributed by atoms with van der Waals surface area (Å²) in [6, 6.07) is 9.04. The Kier molecular flexibility index (Phi) is 9.02. The van der Waals surface area contributed by atoms with E-state index < -0.39 is 0 Å². The second kappa shape index (κ2) is 10.3. The highest BCUT2D eigenvalue weighted by atomic mass is 32.2. The van der Waals surface area contributed by atoms with E-state index in [9.17, 15) is 0 Å². The maximum Gasteiger partial charge on any atom is -0.00173 e. The van der Waals surface area contributed by atoms with Gasteiger partial charge in [0.2, 0.25) is 0 Å². The first-order chi connectivity index (χ1) is 9.26. The maximum atomic E-state index is 3.59. The summed E-state index contributed by atoms with van der Waals surface area (Å²) < 4.78 is 0. The lowest BCUT2D eigenvalue weighted by atomic mass is 9.94. The number of hydrogen-bond acceptors (Lipinski definition) is 2. The summed E-state index contributed by atoms with van der Waals surface area (Å²) in [6.07, 6.45) is 7.31. The Bertz CT molecular complexity index is 311. The van der Waals surface area contributed by atoms with Gasteiger partial charge in [0.25, 0.3) is 0 Å². The van der Waals surface area contributed by atoms with Crippen molar-refractivity contribution in [3.63, 3.8) is 0 Å². The third kappa shape index (κ3) is 7.64. The maximum absolute atomic E-state index is 3.59. The minimum absolute atomic E-state index is 0.779. The summed E-state index contributed by atoms with van der Waals surface area (Å²) in [5.41, 5.74) is 2.84. The van der Waals surface area contributed by atoms with Crippen molar-refractivity contribution in [3.8, 4) is 0 Å². The topological polar surface area (TPSA) is 12.0 Å². The molecule has 1 N–H and O–H groups in total. The minimum atomic E-state index is 0.779. The van der Waals surface area contributed by atoms with Crippen molar-refractivity contribution in [2.75, 3.05) is 25.1 Å². The Morgan fingerprint density at radius 3 is 2.58 bits per heavy atom. The zero-order chi connectivity index (χ0) is 13.9. The fraction of sp³-hybridized carbons (Fsp3) is 0.647. The van der Waals surface area contributed by atoms with Gasteiger partial charge in [-0.2, -0.15) is 11.8 Å². The summed E-state index contributed by atoms with van der Waals surface area (Å²) in [5, 5.41) is 3.59. The second-order valence-corrected chi connectivity index (χ2v) is 6.38. The van der Waals surface area contributed by atoms with Crippen molar-refractivity contribution >= 4 is 11.8 Å². The van der Waals surface area contributed by atoms with Crippen LogP contribution in [-0.4, -0.2) is 25.1 Å². The van der Waals surface area contributed by atoms with Gasteiger partial charge in [-0.25, -0.2) is 0 Å². The first kappa shape index (κ1) is 16.6. The lowest BCUT2D eigenvalue weighted by molar-refractivity contribution is 0.440. The first-order valence-electron chi connectivity index (χ1n) is 7.51. The van der Waals surface area contributed by atoms with Crippen LogP contribution in [0.15, 0.2) is 24.3 Å². The van der Waals surface area contributed by atoms with Crippen molar-refractivity contribution in [2.45, 2.75) is 39.5 Å². The smallest absolute Gasteiger partial charge is 0.00173 e. The molecule has 108 valence electrons. The average Bonchev–Trinajstić information content (AvgIpc) is 2.41. The molecule has 0 spiro atoms. The van der Waals surface area contributed by atoms with Crippen LogP contribution in [0.5, 0.6) is 0 Å². The third-order valence-electron chi connectivity index (χ3n) is 3.47. The molecule has 1 rings (SSSR count). The molecule has 0 heterocycles. The SMILES string of the molecule is CCCNCC(CCCSC)Cc1ccc(C)cc1. The molecular formula is C17H29NS. The molecule has 0 radical (unpaired) electrons. The summed E-state index contributed by atoms with van der Waals surface area (Å²) in [5.74, 6) is 2.07. The Hall–Kier alpha value is -0.470. The first-order valence-corrected chi connectivity index (χ1v) is 8.90. The molecule has 1 nitrogen and oxygen atoms in total. The van der Waals surface area contributed by atoms with E-state index in [1.165, 1.54) is 42.6 Å². The lowest BCUT2D eigenvalue weighted by Crippen LogP contribution is -2.25. The van der Waals surface area contributed by atoms with Crippen LogP contribution in [0.2, 0.25) is 0 Å². The van der Waals surface area contributed by atoms with E-state index in [1.807, 2.05) is 11.8 Å². The summed E-state index contributed by atoms with van der Waals surface area (Å²) in [7, 11) is 0. The quantitative estimate of drug-likeness (QED) is 0.641. The van der Waals surface area contributed by atoms with Crippen LogP contribution in [0.4, 0.5) is 0 Å². The average molecular weight is 279 g/mol. The van der Waals surface area contributed by atoms with Crippen LogP contribution in [0.25, 0.3) is 0 Å². The molecule has 0 fully saturated rings. The van der Waals surface area contributed by atoms with Crippen LogP contribution in [0.3, 0.4) is 0 Å². The molecular weight excluding hydrogens is 250 g/mol. The lowest BCUT2D eigenvalue weighted by Gasteiger charge is -2.17. The molecule has 0 amide bonds.